The number of aromatic nitrogens is 1. The Morgan fingerprint density at radius 2 is 1.90 bits per heavy atom. The van der Waals surface area contributed by atoms with E-state index in [2.05, 4.69) is 20.0 Å². The van der Waals surface area contributed by atoms with Crippen molar-refractivity contribution in [2.24, 2.45) is 4.99 Å². The Bertz CT molecular complexity index is 972. The maximum atomic E-state index is 12.3. The van der Waals surface area contributed by atoms with Crippen LogP contribution in [-0.4, -0.2) is 17.1 Å². The van der Waals surface area contributed by atoms with Crippen molar-refractivity contribution in [1.82, 2.24) is 4.98 Å². The van der Waals surface area contributed by atoms with Crippen LogP contribution in [0.5, 0.6) is 5.75 Å². The highest BCUT2D eigenvalue weighted by Gasteiger charge is 2.30. The highest BCUT2D eigenvalue weighted by atomic mass is 19.4. The fourth-order valence-corrected chi connectivity index (χ4v) is 2.28. The average molecular weight is 405 g/mol. The van der Waals surface area contributed by atoms with E-state index >= 15 is 0 Å². The summed E-state index contributed by atoms with van der Waals surface area (Å²) < 4.78 is 40.6. The molecule has 1 aromatic heterocycles. The van der Waals surface area contributed by atoms with Crippen LogP contribution < -0.4 is 15.6 Å². The van der Waals surface area contributed by atoms with E-state index in [0.29, 0.717) is 22.7 Å². The Morgan fingerprint density at radius 3 is 2.48 bits per heavy atom. The summed E-state index contributed by atoms with van der Waals surface area (Å²) in [4.78, 5) is 18.7. The summed E-state index contributed by atoms with van der Waals surface area (Å²) in [6.45, 7) is 5.76. The number of anilines is 1. The summed E-state index contributed by atoms with van der Waals surface area (Å²) in [6.07, 6.45) is 1.16. The number of hydrogen-bond donors (Lipinski definition) is 2. The fraction of sp³-hybridized carbons (Fsp3) is 0.238. The van der Waals surface area contributed by atoms with Crippen molar-refractivity contribution in [1.29, 1.82) is 0 Å². The van der Waals surface area contributed by atoms with E-state index in [1.54, 1.807) is 31.5 Å². The van der Waals surface area contributed by atoms with E-state index in [1.165, 1.54) is 30.3 Å². The standard InChI is InChI=1S/C21H22F3N3O2/c1-4-14(2)13-26-19(16-9-10-25-20(28)12-16)11-15(3)27-17-5-7-18(8-6-17)29-21(22,23)24/h5-13,27H,4H2,1-3H3,(H,25,28)/b14-13+,15-11+,26-19-. The lowest BCUT2D eigenvalue weighted by Crippen LogP contribution is -2.17. The second-order valence-electron chi connectivity index (χ2n) is 6.31. The Morgan fingerprint density at radius 1 is 1.21 bits per heavy atom. The molecule has 2 N–H and O–H groups in total. The zero-order valence-electron chi connectivity index (χ0n) is 16.3. The number of alkyl halides is 3. The molecule has 0 bridgehead atoms. The SMILES string of the molecule is CC/C(C)=C/N=C(/C=C(\C)Nc1ccc(OC(F)(F)F)cc1)c1cc[nH]c(=O)c1. The number of H-pyrrole nitrogens is 1. The summed E-state index contributed by atoms with van der Waals surface area (Å²) in [5, 5.41) is 3.09. The zero-order chi connectivity index (χ0) is 21.4. The molecule has 0 aliphatic rings. The predicted molar refractivity (Wildman–Crippen MR) is 108 cm³/mol. The molecule has 0 saturated carbocycles. The van der Waals surface area contributed by atoms with Crippen molar-refractivity contribution in [3.63, 3.8) is 0 Å². The number of benzene rings is 1. The van der Waals surface area contributed by atoms with Crippen molar-refractivity contribution in [2.45, 2.75) is 33.6 Å². The number of nitrogens with one attached hydrogen (secondary N) is 2. The quantitative estimate of drug-likeness (QED) is 0.607. The van der Waals surface area contributed by atoms with Crippen LogP contribution in [0.3, 0.4) is 0 Å². The topological polar surface area (TPSA) is 66.5 Å². The van der Waals surface area contributed by atoms with Crippen LogP contribution in [0, 0.1) is 0 Å². The van der Waals surface area contributed by atoms with E-state index in [1.807, 2.05) is 13.8 Å². The molecule has 0 aliphatic carbocycles. The molecule has 2 rings (SSSR count). The Balaban J connectivity index is 2.25. The minimum absolute atomic E-state index is 0.245. The van der Waals surface area contributed by atoms with Crippen molar-refractivity contribution in [3.05, 3.63) is 82.1 Å². The van der Waals surface area contributed by atoms with Crippen molar-refractivity contribution >= 4 is 11.4 Å². The lowest BCUT2D eigenvalue weighted by molar-refractivity contribution is -0.274. The fourth-order valence-electron chi connectivity index (χ4n) is 2.28. The van der Waals surface area contributed by atoms with E-state index in [4.69, 9.17) is 0 Å². The van der Waals surface area contributed by atoms with E-state index in [9.17, 15) is 18.0 Å². The first-order valence-corrected chi connectivity index (χ1v) is 8.90. The average Bonchev–Trinajstić information content (AvgIpc) is 2.65. The number of allylic oxidation sites excluding steroid dienone is 3. The van der Waals surface area contributed by atoms with Crippen molar-refractivity contribution < 1.29 is 17.9 Å². The third kappa shape index (κ3) is 7.69. The molecular weight excluding hydrogens is 383 g/mol. The van der Waals surface area contributed by atoms with Gasteiger partial charge in [-0.1, -0.05) is 12.5 Å². The lowest BCUT2D eigenvalue weighted by atomic mass is 10.1. The minimum Gasteiger partial charge on any atom is -0.406 e. The van der Waals surface area contributed by atoms with Gasteiger partial charge in [0.05, 0.1) is 5.71 Å². The Labute approximate surface area is 166 Å². The van der Waals surface area contributed by atoms with E-state index in [0.717, 1.165) is 12.0 Å². The summed E-state index contributed by atoms with van der Waals surface area (Å²) >= 11 is 0. The molecule has 5 nitrogen and oxygen atoms in total. The molecule has 0 atom stereocenters. The normalized spacial score (nSPS) is 13.4. The number of hydrogen-bond acceptors (Lipinski definition) is 4. The molecule has 0 amide bonds. The number of aromatic amines is 1. The highest BCUT2D eigenvalue weighted by Crippen LogP contribution is 2.24. The van der Waals surface area contributed by atoms with Gasteiger partial charge >= 0.3 is 6.36 Å². The van der Waals surface area contributed by atoms with Gasteiger partial charge in [0.15, 0.2) is 0 Å². The number of aliphatic imine (C=N–C) groups is 1. The van der Waals surface area contributed by atoms with Crippen LogP contribution in [0.15, 0.2) is 75.9 Å². The van der Waals surface area contributed by atoms with Crippen molar-refractivity contribution in [2.75, 3.05) is 5.32 Å². The third-order valence-electron chi connectivity index (χ3n) is 3.84. The van der Waals surface area contributed by atoms with Gasteiger partial charge in [-0.3, -0.25) is 9.79 Å². The molecule has 29 heavy (non-hydrogen) atoms. The minimum atomic E-state index is -4.73. The van der Waals surface area contributed by atoms with Gasteiger partial charge in [-0.25, -0.2) is 0 Å². The molecule has 1 heterocycles. The third-order valence-corrected chi connectivity index (χ3v) is 3.84. The molecule has 0 fully saturated rings. The molecule has 0 unspecified atom stereocenters. The van der Waals surface area contributed by atoms with Gasteiger partial charge in [0.1, 0.15) is 5.75 Å². The van der Waals surface area contributed by atoms with Crippen LogP contribution in [0.25, 0.3) is 0 Å². The number of nitrogens with zero attached hydrogens (tertiary/aromatic N) is 1. The summed E-state index contributed by atoms with van der Waals surface area (Å²) in [7, 11) is 0. The molecule has 8 heteroatoms. The van der Waals surface area contributed by atoms with Crippen LogP contribution in [-0.2, 0) is 0 Å². The van der Waals surface area contributed by atoms with Gasteiger partial charge < -0.3 is 15.0 Å². The van der Waals surface area contributed by atoms with E-state index in [-0.39, 0.29) is 11.3 Å². The second kappa shape index (κ2) is 9.77. The summed E-state index contributed by atoms with van der Waals surface area (Å²) in [5.74, 6) is -0.296. The first kappa shape index (κ1) is 22.0. The maximum absolute atomic E-state index is 12.3. The summed E-state index contributed by atoms with van der Waals surface area (Å²) in [5.41, 5.74) is 3.32. The van der Waals surface area contributed by atoms with Crippen LogP contribution in [0.1, 0.15) is 32.8 Å². The molecule has 154 valence electrons. The Hall–Kier alpha value is -3.29. The van der Waals surface area contributed by atoms with Crippen molar-refractivity contribution in [3.8, 4) is 5.75 Å². The first-order chi connectivity index (χ1) is 13.7. The molecule has 0 radical (unpaired) electrons. The van der Waals surface area contributed by atoms with Gasteiger partial charge in [0.25, 0.3) is 0 Å². The summed E-state index contributed by atoms with van der Waals surface area (Å²) in [6, 6.07) is 8.58. The van der Waals surface area contributed by atoms with Crippen LogP contribution in [0.2, 0.25) is 0 Å². The molecule has 0 spiro atoms. The monoisotopic (exact) mass is 405 g/mol. The smallest absolute Gasteiger partial charge is 0.406 e. The first-order valence-electron chi connectivity index (χ1n) is 8.90. The number of ether oxygens (including phenoxy) is 1. The number of halogens is 3. The molecule has 0 aliphatic heterocycles. The number of rotatable bonds is 7. The van der Waals surface area contributed by atoms with E-state index < -0.39 is 6.36 Å². The Kier molecular flexibility index (Phi) is 7.41. The largest absolute Gasteiger partial charge is 0.573 e. The van der Waals surface area contributed by atoms with Crippen LogP contribution >= 0.6 is 0 Å². The van der Waals surface area contributed by atoms with Gasteiger partial charge in [0.2, 0.25) is 5.56 Å². The molecular formula is C21H22F3N3O2. The zero-order valence-corrected chi connectivity index (χ0v) is 16.3. The maximum Gasteiger partial charge on any atom is 0.573 e. The van der Waals surface area contributed by atoms with Gasteiger partial charge in [-0.05, 0) is 56.7 Å². The molecule has 2 aromatic rings. The molecule has 1 aromatic carbocycles. The number of pyridine rings is 1. The lowest BCUT2D eigenvalue weighted by Gasteiger charge is -2.11. The van der Waals surface area contributed by atoms with Gasteiger partial charge in [-0.15, -0.1) is 13.2 Å². The van der Waals surface area contributed by atoms with Crippen LogP contribution in [0.4, 0.5) is 18.9 Å². The highest BCUT2D eigenvalue weighted by molar-refractivity contribution is 6.09. The predicted octanol–water partition coefficient (Wildman–Crippen LogP) is 5.39. The van der Waals surface area contributed by atoms with Gasteiger partial charge in [-0.2, -0.15) is 0 Å². The second-order valence-corrected chi connectivity index (χ2v) is 6.31. The van der Waals surface area contributed by atoms with Gasteiger partial charge in [0, 0.05) is 35.4 Å². The molecule has 0 saturated heterocycles.